The summed E-state index contributed by atoms with van der Waals surface area (Å²) in [6, 6.07) is 1.93. The topological polar surface area (TPSA) is 87.2 Å². The third kappa shape index (κ3) is 5.95. The number of rotatable bonds is 6. The zero-order valence-corrected chi connectivity index (χ0v) is 15.2. The van der Waals surface area contributed by atoms with Crippen molar-refractivity contribution in [1.82, 2.24) is 14.7 Å². The van der Waals surface area contributed by atoms with Crippen LogP contribution in [0.2, 0.25) is 0 Å². The third-order valence-corrected chi connectivity index (χ3v) is 4.73. The predicted molar refractivity (Wildman–Crippen MR) is 93.2 cm³/mol. The average molecular weight is 341 g/mol. The summed E-state index contributed by atoms with van der Waals surface area (Å²) in [6.45, 7) is 8.38. The van der Waals surface area contributed by atoms with Crippen LogP contribution in [0.1, 0.15) is 33.6 Å². The van der Waals surface area contributed by atoms with Crippen LogP contribution in [0, 0.1) is 5.92 Å². The van der Waals surface area contributed by atoms with Crippen LogP contribution in [-0.4, -0.2) is 49.8 Å². The van der Waals surface area contributed by atoms with Crippen molar-refractivity contribution in [3.63, 3.8) is 0 Å². The maximum atomic E-state index is 11.4. The lowest BCUT2D eigenvalue weighted by Gasteiger charge is -2.32. The van der Waals surface area contributed by atoms with Gasteiger partial charge in [0.1, 0.15) is 18.0 Å². The van der Waals surface area contributed by atoms with Crippen molar-refractivity contribution >= 4 is 21.7 Å². The molecule has 1 aromatic rings. The Morgan fingerprint density at radius 1 is 1.39 bits per heavy atom. The highest BCUT2D eigenvalue weighted by atomic mass is 32.2. The van der Waals surface area contributed by atoms with E-state index in [4.69, 9.17) is 0 Å². The van der Waals surface area contributed by atoms with Crippen LogP contribution in [0.15, 0.2) is 12.4 Å². The van der Waals surface area contributed by atoms with Crippen LogP contribution in [0.25, 0.3) is 0 Å². The van der Waals surface area contributed by atoms with E-state index >= 15 is 0 Å². The molecule has 1 aliphatic rings. The Morgan fingerprint density at radius 2 is 2.13 bits per heavy atom. The van der Waals surface area contributed by atoms with E-state index in [0.29, 0.717) is 18.3 Å². The molecule has 2 heterocycles. The molecule has 0 amide bonds. The Morgan fingerprint density at radius 3 is 2.78 bits per heavy atom. The van der Waals surface area contributed by atoms with Gasteiger partial charge in [0, 0.05) is 31.2 Å². The molecule has 2 rings (SSSR count). The van der Waals surface area contributed by atoms with Gasteiger partial charge in [-0.25, -0.2) is 23.1 Å². The average Bonchev–Trinajstić information content (AvgIpc) is 2.43. The van der Waals surface area contributed by atoms with E-state index in [0.717, 1.165) is 25.2 Å². The zero-order valence-electron chi connectivity index (χ0n) is 14.3. The van der Waals surface area contributed by atoms with Gasteiger partial charge in [0.15, 0.2) is 0 Å². The molecule has 130 valence electrons. The molecular formula is C15H27N5O2S. The molecule has 8 heteroatoms. The largest absolute Gasteiger partial charge is 0.368 e. The van der Waals surface area contributed by atoms with Gasteiger partial charge in [-0.05, 0) is 32.6 Å². The first kappa shape index (κ1) is 17.9. The van der Waals surface area contributed by atoms with Crippen molar-refractivity contribution in [3.05, 3.63) is 12.4 Å². The zero-order chi connectivity index (χ0) is 17.1. The van der Waals surface area contributed by atoms with E-state index in [9.17, 15) is 8.42 Å². The summed E-state index contributed by atoms with van der Waals surface area (Å²) in [5, 5.41) is 3.19. The van der Waals surface area contributed by atoms with Crippen LogP contribution in [0.5, 0.6) is 0 Å². The summed E-state index contributed by atoms with van der Waals surface area (Å²) in [5.41, 5.74) is -0.599. The van der Waals surface area contributed by atoms with E-state index in [1.807, 2.05) is 19.9 Å². The van der Waals surface area contributed by atoms with Crippen LogP contribution in [-0.2, 0) is 10.0 Å². The normalized spacial score (nSPS) is 19.7. The van der Waals surface area contributed by atoms with E-state index < -0.39 is 15.6 Å². The summed E-state index contributed by atoms with van der Waals surface area (Å²) in [7, 11) is -3.25. The molecule has 0 radical (unpaired) electrons. The first-order valence-corrected chi connectivity index (χ1v) is 9.84. The molecule has 0 aromatic carbocycles. The van der Waals surface area contributed by atoms with Gasteiger partial charge < -0.3 is 10.2 Å². The second-order valence-electron chi connectivity index (χ2n) is 7.07. The van der Waals surface area contributed by atoms with Crippen molar-refractivity contribution in [2.75, 3.05) is 36.1 Å². The molecule has 1 aliphatic heterocycles. The van der Waals surface area contributed by atoms with Crippen molar-refractivity contribution in [1.29, 1.82) is 0 Å². The second-order valence-corrected chi connectivity index (χ2v) is 8.81. The molecule has 0 spiro atoms. The monoisotopic (exact) mass is 341 g/mol. The number of aromatic nitrogens is 2. The molecule has 1 atom stereocenters. The minimum absolute atomic E-state index is 0.437. The Bertz CT molecular complexity index is 633. The first-order valence-electron chi connectivity index (χ1n) is 7.94. The Balaban J connectivity index is 2.00. The lowest BCUT2D eigenvalue weighted by Crippen LogP contribution is -2.47. The van der Waals surface area contributed by atoms with Crippen molar-refractivity contribution in [2.45, 2.75) is 39.2 Å². The standard InChI is InChI=1S/C15H27N5O2S/c1-12-6-5-7-20(9-12)14-8-13(17-11-18-14)16-10-15(2,3)19-23(4,21)22/h8,11-12,19H,5-7,9-10H2,1-4H3,(H,16,17,18). The van der Waals surface area contributed by atoms with Crippen LogP contribution in [0.4, 0.5) is 11.6 Å². The van der Waals surface area contributed by atoms with Gasteiger partial charge in [-0.2, -0.15) is 0 Å². The summed E-state index contributed by atoms with van der Waals surface area (Å²) < 4.78 is 25.4. The molecule has 0 bridgehead atoms. The fourth-order valence-electron chi connectivity index (χ4n) is 2.86. The Hall–Kier alpha value is -1.41. The maximum Gasteiger partial charge on any atom is 0.209 e. The van der Waals surface area contributed by atoms with Crippen molar-refractivity contribution < 1.29 is 8.42 Å². The second kappa shape index (κ2) is 7.00. The van der Waals surface area contributed by atoms with Gasteiger partial charge in [-0.3, -0.25) is 0 Å². The summed E-state index contributed by atoms with van der Waals surface area (Å²) in [6.07, 6.45) is 5.15. The number of nitrogens with zero attached hydrogens (tertiary/aromatic N) is 3. The fraction of sp³-hybridized carbons (Fsp3) is 0.733. The SMILES string of the molecule is CC1CCCN(c2cc(NCC(C)(C)NS(C)(=O)=O)ncn2)C1. The van der Waals surface area contributed by atoms with E-state index in [1.165, 1.54) is 12.8 Å². The van der Waals surface area contributed by atoms with E-state index in [2.05, 4.69) is 31.8 Å². The lowest BCUT2D eigenvalue weighted by atomic mass is 10.0. The number of hydrogen-bond donors (Lipinski definition) is 2. The molecule has 0 aliphatic carbocycles. The highest BCUT2D eigenvalue weighted by Gasteiger charge is 2.22. The summed E-state index contributed by atoms with van der Waals surface area (Å²) in [5.74, 6) is 2.30. The van der Waals surface area contributed by atoms with Gasteiger partial charge in [-0.1, -0.05) is 6.92 Å². The van der Waals surface area contributed by atoms with Gasteiger partial charge in [-0.15, -0.1) is 0 Å². The van der Waals surface area contributed by atoms with Crippen LogP contribution >= 0.6 is 0 Å². The highest BCUT2D eigenvalue weighted by Crippen LogP contribution is 2.22. The lowest BCUT2D eigenvalue weighted by molar-refractivity contribution is 0.444. The Kier molecular flexibility index (Phi) is 5.46. The minimum Gasteiger partial charge on any atom is -0.368 e. The van der Waals surface area contributed by atoms with Gasteiger partial charge in [0.25, 0.3) is 0 Å². The van der Waals surface area contributed by atoms with Gasteiger partial charge in [0.2, 0.25) is 10.0 Å². The van der Waals surface area contributed by atoms with Gasteiger partial charge >= 0.3 is 0 Å². The quantitative estimate of drug-likeness (QED) is 0.814. The van der Waals surface area contributed by atoms with E-state index in [-0.39, 0.29) is 0 Å². The number of hydrogen-bond acceptors (Lipinski definition) is 6. The Labute approximate surface area is 138 Å². The molecule has 23 heavy (non-hydrogen) atoms. The molecule has 2 N–H and O–H groups in total. The molecule has 1 aromatic heterocycles. The van der Waals surface area contributed by atoms with Crippen molar-refractivity contribution in [3.8, 4) is 0 Å². The van der Waals surface area contributed by atoms with E-state index in [1.54, 1.807) is 6.33 Å². The highest BCUT2D eigenvalue weighted by molar-refractivity contribution is 7.88. The number of nitrogens with one attached hydrogen (secondary N) is 2. The third-order valence-electron chi connectivity index (χ3n) is 3.81. The van der Waals surface area contributed by atoms with Gasteiger partial charge in [0.05, 0.1) is 6.26 Å². The number of anilines is 2. The van der Waals surface area contributed by atoms with Crippen LogP contribution < -0.4 is 14.9 Å². The summed E-state index contributed by atoms with van der Waals surface area (Å²) in [4.78, 5) is 10.9. The molecule has 7 nitrogen and oxygen atoms in total. The molecule has 0 saturated carbocycles. The summed E-state index contributed by atoms with van der Waals surface area (Å²) >= 11 is 0. The molecule has 1 fully saturated rings. The minimum atomic E-state index is -3.25. The smallest absolute Gasteiger partial charge is 0.209 e. The van der Waals surface area contributed by atoms with Crippen LogP contribution in [0.3, 0.4) is 0 Å². The molecular weight excluding hydrogens is 314 g/mol. The van der Waals surface area contributed by atoms with Crippen molar-refractivity contribution in [2.24, 2.45) is 5.92 Å². The number of sulfonamides is 1. The number of piperidine rings is 1. The maximum absolute atomic E-state index is 11.4. The predicted octanol–water partition coefficient (Wildman–Crippen LogP) is 1.45. The first-order chi connectivity index (χ1) is 10.6. The molecule has 1 saturated heterocycles. The fourth-order valence-corrected chi connectivity index (χ4v) is 3.94. The molecule has 1 unspecified atom stereocenters.